The van der Waals surface area contributed by atoms with Gasteiger partial charge in [-0.3, -0.25) is 13.9 Å². The molecule has 1 heterocycles. The van der Waals surface area contributed by atoms with Crippen molar-refractivity contribution in [3.8, 4) is 5.75 Å². The van der Waals surface area contributed by atoms with Crippen molar-refractivity contribution >= 4 is 16.6 Å². The van der Waals surface area contributed by atoms with E-state index < -0.39 is 0 Å². The molecule has 0 saturated carbocycles. The highest BCUT2D eigenvalue weighted by Gasteiger charge is 2.13. The molecule has 0 aliphatic carbocycles. The lowest BCUT2D eigenvalue weighted by atomic mass is 10.2. The van der Waals surface area contributed by atoms with Crippen molar-refractivity contribution in [3.05, 3.63) is 68.9 Å². The summed E-state index contributed by atoms with van der Waals surface area (Å²) >= 11 is 0. The van der Waals surface area contributed by atoms with Gasteiger partial charge in [0, 0.05) is 12.8 Å². The second kappa shape index (κ2) is 7.45. The molecule has 0 spiro atoms. The van der Waals surface area contributed by atoms with Crippen LogP contribution < -0.4 is 21.7 Å². The summed E-state index contributed by atoms with van der Waals surface area (Å²) in [5, 5.41) is 0.411. The second-order valence-electron chi connectivity index (χ2n) is 5.94. The average Bonchev–Trinajstić information content (AvgIpc) is 2.66. The molecule has 0 radical (unpaired) electrons. The maximum absolute atomic E-state index is 12.9. The molecule has 0 aliphatic rings. The predicted octanol–water partition coefficient (Wildman–Crippen LogP) is 1.45. The van der Waals surface area contributed by atoms with E-state index in [0.29, 0.717) is 23.1 Å². The molecular weight excluding hydrogens is 334 g/mol. The Morgan fingerprint density at radius 3 is 2.38 bits per heavy atom. The molecule has 7 nitrogen and oxygen atoms in total. The van der Waals surface area contributed by atoms with E-state index in [4.69, 9.17) is 15.2 Å². The van der Waals surface area contributed by atoms with Crippen molar-refractivity contribution in [2.24, 2.45) is 0 Å². The Hall–Kier alpha value is -3.06. The Labute approximate surface area is 150 Å². The third kappa shape index (κ3) is 3.34. The van der Waals surface area contributed by atoms with Gasteiger partial charge in [-0.05, 0) is 35.9 Å². The lowest BCUT2D eigenvalue weighted by Gasteiger charge is -2.14. The fraction of sp³-hybridized carbons (Fsp3) is 0.263. The summed E-state index contributed by atoms with van der Waals surface area (Å²) < 4.78 is 13.0. The van der Waals surface area contributed by atoms with Crippen LogP contribution >= 0.6 is 0 Å². The number of nitrogens with zero attached hydrogens (tertiary/aromatic N) is 2. The van der Waals surface area contributed by atoms with Crippen LogP contribution in [0.5, 0.6) is 5.75 Å². The van der Waals surface area contributed by atoms with Gasteiger partial charge in [0.05, 0.1) is 37.7 Å². The lowest BCUT2D eigenvalue weighted by Crippen LogP contribution is -2.41. The third-order valence-electron chi connectivity index (χ3n) is 4.27. The van der Waals surface area contributed by atoms with E-state index >= 15 is 0 Å². The van der Waals surface area contributed by atoms with Gasteiger partial charge in [-0.25, -0.2) is 4.79 Å². The maximum atomic E-state index is 12.9. The highest BCUT2D eigenvalue weighted by molar-refractivity contribution is 5.81. The molecule has 1 aromatic heterocycles. The quantitative estimate of drug-likeness (QED) is 0.676. The molecular formula is C19H21N3O4. The SMILES string of the molecule is COCCn1c(=O)c2cc(N)ccc2n(Cc2ccc(OC)cc2)c1=O. The van der Waals surface area contributed by atoms with Crippen molar-refractivity contribution < 1.29 is 9.47 Å². The van der Waals surface area contributed by atoms with Crippen LogP contribution in [0.1, 0.15) is 5.56 Å². The predicted molar refractivity (Wildman–Crippen MR) is 101 cm³/mol. The molecule has 0 fully saturated rings. The van der Waals surface area contributed by atoms with Crippen LogP contribution in [0, 0.1) is 0 Å². The van der Waals surface area contributed by atoms with Gasteiger partial charge in [0.15, 0.2) is 0 Å². The fourth-order valence-electron chi connectivity index (χ4n) is 2.89. The van der Waals surface area contributed by atoms with Gasteiger partial charge >= 0.3 is 5.69 Å². The largest absolute Gasteiger partial charge is 0.497 e. The number of nitrogens with two attached hydrogens (primary N) is 1. The van der Waals surface area contributed by atoms with E-state index in [-0.39, 0.29) is 24.4 Å². The zero-order valence-electron chi connectivity index (χ0n) is 14.8. The minimum Gasteiger partial charge on any atom is -0.497 e. The number of benzene rings is 2. The summed E-state index contributed by atoms with van der Waals surface area (Å²) in [6.07, 6.45) is 0. The standard InChI is InChI=1S/C19H21N3O4/c1-25-10-9-21-18(23)16-11-14(20)5-8-17(16)22(19(21)24)12-13-3-6-15(26-2)7-4-13/h3-8,11H,9-10,12,20H2,1-2H3. The van der Waals surface area contributed by atoms with E-state index in [1.165, 1.54) is 11.7 Å². The number of ether oxygens (including phenoxy) is 2. The molecule has 2 aromatic carbocycles. The van der Waals surface area contributed by atoms with Gasteiger partial charge in [0.25, 0.3) is 5.56 Å². The number of hydrogen-bond donors (Lipinski definition) is 1. The summed E-state index contributed by atoms with van der Waals surface area (Å²) in [7, 11) is 3.13. The topological polar surface area (TPSA) is 88.5 Å². The molecule has 3 aromatic rings. The van der Waals surface area contributed by atoms with Gasteiger partial charge in [0.2, 0.25) is 0 Å². The van der Waals surface area contributed by atoms with Crippen LogP contribution in [0.4, 0.5) is 5.69 Å². The monoisotopic (exact) mass is 355 g/mol. The van der Waals surface area contributed by atoms with Crippen LogP contribution in [0.25, 0.3) is 10.9 Å². The van der Waals surface area contributed by atoms with E-state index in [2.05, 4.69) is 0 Å². The molecule has 3 rings (SSSR count). The fourth-order valence-corrected chi connectivity index (χ4v) is 2.89. The summed E-state index contributed by atoms with van der Waals surface area (Å²) in [5.74, 6) is 0.740. The highest BCUT2D eigenvalue weighted by Crippen LogP contribution is 2.16. The van der Waals surface area contributed by atoms with E-state index in [1.807, 2.05) is 24.3 Å². The molecule has 136 valence electrons. The normalized spacial score (nSPS) is 11.0. The summed E-state index contributed by atoms with van der Waals surface area (Å²) in [4.78, 5) is 25.7. The Balaban J connectivity index is 2.18. The number of aromatic nitrogens is 2. The zero-order chi connectivity index (χ0) is 18.7. The zero-order valence-corrected chi connectivity index (χ0v) is 14.8. The molecule has 0 bridgehead atoms. The number of anilines is 1. The van der Waals surface area contributed by atoms with Crippen LogP contribution in [0.2, 0.25) is 0 Å². The number of rotatable bonds is 6. The summed E-state index contributed by atoms with van der Waals surface area (Å²) in [6, 6.07) is 12.4. The van der Waals surface area contributed by atoms with Crippen LogP contribution in [0.3, 0.4) is 0 Å². The summed E-state index contributed by atoms with van der Waals surface area (Å²) in [5.41, 5.74) is 7.05. The maximum Gasteiger partial charge on any atom is 0.331 e. The van der Waals surface area contributed by atoms with Gasteiger partial charge in [-0.2, -0.15) is 0 Å². The number of hydrogen-bond acceptors (Lipinski definition) is 5. The number of methoxy groups -OCH3 is 2. The Kier molecular flexibility index (Phi) is 5.09. The molecule has 0 unspecified atom stereocenters. The van der Waals surface area contributed by atoms with E-state index in [9.17, 15) is 9.59 Å². The third-order valence-corrected chi connectivity index (χ3v) is 4.27. The van der Waals surface area contributed by atoms with Crippen molar-refractivity contribution in [2.45, 2.75) is 13.1 Å². The van der Waals surface area contributed by atoms with Crippen molar-refractivity contribution in [2.75, 3.05) is 26.6 Å². The average molecular weight is 355 g/mol. The van der Waals surface area contributed by atoms with Crippen LogP contribution in [-0.2, 0) is 17.8 Å². The Morgan fingerprint density at radius 1 is 1.00 bits per heavy atom. The molecule has 2 N–H and O–H groups in total. The number of nitrogen functional groups attached to an aromatic ring is 1. The van der Waals surface area contributed by atoms with Crippen molar-refractivity contribution in [3.63, 3.8) is 0 Å². The van der Waals surface area contributed by atoms with Gasteiger partial charge in [-0.1, -0.05) is 12.1 Å². The molecule has 0 aliphatic heterocycles. The van der Waals surface area contributed by atoms with Gasteiger partial charge < -0.3 is 15.2 Å². The van der Waals surface area contributed by atoms with Gasteiger partial charge in [0.1, 0.15) is 5.75 Å². The first-order valence-electron chi connectivity index (χ1n) is 8.20. The second-order valence-corrected chi connectivity index (χ2v) is 5.94. The molecule has 7 heteroatoms. The first-order chi connectivity index (χ1) is 12.5. The molecule has 0 saturated heterocycles. The Bertz CT molecular complexity index is 1040. The minimum atomic E-state index is -0.375. The highest BCUT2D eigenvalue weighted by atomic mass is 16.5. The first kappa shape index (κ1) is 17.8. The molecule has 0 atom stereocenters. The van der Waals surface area contributed by atoms with Crippen LogP contribution in [-0.4, -0.2) is 30.0 Å². The molecule has 26 heavy (non-hydrogen) atoms. The smallest absolute Gasteiger partial charge is 0.331 e. The van der Waals surface area contributed by atoms with E-state index in [1.54, 1.807) is 29.9 Å². The Morgan fingerprint density at radius 2 is 1.73 bits per heavy atom. The number of fused-ring (bicyclic) bond motifs is 1. The minimum absolute atomic E-state index is 0.182. The van der Waals surface area contributed by atoms with Crippen molar-refractivity contribution in [1.29, 1.82) is 0 Å². The van der Waals surface area contributed by atoms with Gasteiger partial charge in [-0.15, -0.1) is 0 Å². The van der Waals surface area contributed by atoms with Crippen LogP contribution in [0.15, 0.2) is 52.1 Å². The van der Waals surface area contributed by atoms with Crippen molar-refractivity contribution in [1.82, 2.24) is 9.13 Å². The van der Waals surface area contributed by atoms with E-state index in [0.717, 1.165) is 11.3 Å². The lowest BCUT2D eigenvalue weighted by molar-refractivity contribution is 0.184. The summed E-state index contributed by atoms with van der Waals surface area (Å²) in [6.45, 7) is 0.781. The molecule has 0 amide bonds. The first-order valence-corrected chi connectivity index (χ1v) is 8.20.